The summed E-state index contributed by atoms with van der Waals surface area (Å²) in [6.07, 6.45) is 2.57. The van der Waals surface area contributed by atoms with Crippen LogP contribution < -0.4 is 14.5 Å². The van der Waals surface area contributed by atoms with Gasteiger partial charge in [-0.15, -0.1) is 0 Å². The van der Waals surface area contributed by atoms with Crippen LogP contribution in [-0.2, 0) is 19.2 Å². The summed E-state index contributed by atoms with van der Waals surface area (Å²) >= 11 is 0. The molecule has 0 unspecified atom stereocenters. The lowest BCUT2D eigenvalue weighted by Gasteiger charge is -2.25. The SMILES string of the molecule is Cc1cccc(N2C[C@@H](C(=O)Oc3ccc(N4C(=O)[C@H]5C[C@H](C)CC[C@H]5C4=O)cc3)CC2=O)c1. The van der Waals surface area contributed by atoms with Crippen molar-refractivity contribution in [2.75, 3.05) is 16.3 Å². The van der Waals surface area contributed by atoms with Gasteiger partial charge < -0.3 is 9.64 Å². The molecule has 176 valence electrons. The Kier molecular flexibility index (Phi) is 5.71. The van der Waals surface area contributed by atoms with Gasteiger partial charge in [-0.05, 0) is 74.1 Å². The Hall–Kier alpha value is -3.48. The van der Waals surface area contributed by atoms with Gasteiger partial charge in [0, 0.05) is 18.7 Å². The Bertz CT molecular complexity index is 1160. The van der Waals surface area contributed by atoms with Crippen molar-refractivity contribution in [3.63, 3.8) is 0 Å². The zero-order chi connectivity index (χ0) is 24.0. The highest BCUT2D eigenvalue weighted by atomic mass is 16.5. The molecule has 0 bridgehead atoms. The van der Waals surface area contributed by atoms with Crippen LogP contribution in [0.25, 0.3) is 0 Å². The van der Waals surface area contributed by atoms with Gasteiger partial charge in [0.05, 0.1) is 23.4 Å². The molecule has 2 saturated heterocycles. The quantitative estimate of drug-likeness (QED) is 0.393. The third-order valence-electron chi connectivity index (χ3n) is 7.27. The van der Waals surface area contributed by atoms with Crippen LogP contribution in [0.3, 0.4) is 0 Å². The largest absolute Gasteiger partial charge is 0.426 e. The molecule has 0 radical (unpaired) electrons. The first-order valence-corrected chi connectivity index (χ1v) is 11.9. The molecular weight excluding hydrogens is 432 g/mol. The highest BCUT2D eigenvalue weighted by molar-refractivity contribution is 6.22. The standard InChI is InChI=1S/C27H28N2O5/c1-16-4-3-5-20(12-16)28-15-18(14-24(28)30)27(33)34-21-9-7-19(8-10-21)29-25(31)22-11-6-17(2)13-23(22)26(29)32/h3-5,7-10,12,17-18,22-23H,6,11,13-15H2,1-2H3/t17-,18+,22-,23+/m1/s1. The summed E-state index contributed by atoms with van der Waals surface area (Å²) in [5.41, 5.74) is 2.32. The van der Waals surface area contributed by atoms with Crippen molar-refractivity contribution >= 4 is 35.1 Å². The third kappa shape index (κ3) is 4.00. The predicted molar refractivity (Wildman–Crippen MR) is 126 cm³/mol. The molecule has 2 heterocycles. The van der Waals surface area contributed by atoms with Crippen LogP contribution in [0.15, 0.2) is 48.5 Å². The van der Waals surface area contributed by atoms with E-state index in [1.807, 2.05) is 31.2 Å². The van der Waals surface area contributed by atoms with Gasteiger partial charge in [0.2, 0.25) is 17.7 Å². The van der Waals surface area contributed by atoms with Crippen LogP contribution in [0.1, 0.15) is 38.2 Å². The van der Waals surface area contributed by atoms with Crippen molar-refractivity contribution < 1.29 is 23.9 Å². The number of rotatable bonds is 4. The van der Waals surface area contributed by atoms with Crippen molar-refractivity contribution in [3.8, 4) is 5.75 Å². The topological polar surface area (TPSA) is 84.0 Å². The van der Waals surface area contributed by atoms with Crippen molar-refractivity contribution in [1.82, 2.24) is 0 Å². The minimum absolute atomic E-state index is 0.100. The zero-order valence-corrected chi connectivity index (χ0v) is 19.4. The normalized spacial score (nSPS) is 26.7. The second-order valence-electron chi connectivity index (χ2n) is 9.80. The van der Waals surface area contributed by atoms with Gasteiger partial charge in [0.1, 0.15) is 5.75 Å². The van der Waals surface area contributed by atoms with Gasteiger partial charge in [-0.25, -0.2) is 0 Å². The number of carbonyl (C=O) groups is 4. The molecule has 7 heteroatoms. The van der Waals surface area contributed by atoms with Crippen molar-refractivity contribution in [2.45, 2.75) is 39.5 Å². The molecule has 0 N–H and O–H groups in total. The maximum atomic E-state index is 12.9. The van der Waals surface area contributed by atoms with E-state index < -0.39 is 11.9 Å². The van der Waals surface area contributed by atoms with Gasteiger partial charge in [0.25, 0.3) is 0 Å². The number of fused-ring (bicyclic) bond motifs is 1. The molecule has 3 aliphatic rings. The molecule has 3 fully saturated rings. The van der Waals surface area contributed by atoms with Gasteiger partial charge in [-0.3, -0.25) is 24.1 Å². The molecule has 2 aliphatic heterocycles. The highest BCUT2D eigenvalue weighted by Gasteiger charge is 2.50. The molecular formula is C27H28N2O5. The lowest BCUT2D eigenvalue weighted by atomic mass is 9.76. The summed E-state index contributed by atoms with van der Waals surface area (Å²) in [7, 11) is 0. The molecule has 1 saturated carbocycles. The van der Waals surface area contributed by atoms with Crippen molar-refractivity contribution in [2.24, 2.45) is 23.7 Å². The van der Waals surface area contributed by atoms with E-state index in [9.17, 15) is 19.2 Å². The highest BCUT2D eigenvalue weighted by Crippen LogP contribution is 2.42. The van der Waals surface area contributed by atoms with Crippen LogP contribution in [0, 0.1) is 30.6 Å². The number of amides is 3. The fourth-order valence-electron chi connectivity index (χ4n) is 5.42. The predicted octanol–water partition coefficient (Wildman–Crippen LogP) is 3.88. The first-order chi connectivity index (χ1) is 16.3. The molecule has 2 aromatic rings. The lowest BCUT2D eigenvalue weighted by Crippen LogP contribution is -2.30. The van der Waals surface area contributed by atoms with E-state index in [1.165, 1.54) is 4.90 Å². The zero-order valence-electron chi connectivity index (χ0n) is 19.4. The third-order valence-corrected chi connectivity index (χ3v) is 7.27. The van der Waals surface area contributed by atoms with Crippen LogP contribution in [0.4, 0.5) is 11.4 Å². The average molecular weight is 461 g/mol. The average Bonchev–Trinajstić information content (AvgIpc) is 3.32. The number of esters is 1. The summed E-state index contributed by atoms with van der Waals surface area (Å²) in [5.74, 6) is -1.08. The van der Waals surface area contributed by atoms with Crippen LogP contribution in [-0.4, -0.2) is 30.2 Å². The van der Waals surface area contributed by atoms with E-state index >= 15 is 0 Å². The minimum Gasteiger partial charge on any atom is -0.426 e. The van der Waals surface area contributed by atoms with Crippen LogP contribution in [0.5, 0.6) is 5.75 Å². The fraction of sp³-hybridized carbons (Fsp3) is 0.407. The van der Waals surface area contributed by atoms with Crippen LogP contribution in [0.2, 0.25) is 0 Å². The van der Waals surface area contributed by atoms with Gasteiger partial charge >= 0.3 is 5.97 Å². The second kappa shape index (κ2) is 8.70. The molecule has 34 heavy (non-hydrogen) atoms. The number of hydrogen-bond acceptors (Lipinski definition) is 5. The molecule has 0 aromatic heterocycles. The number of aryl methyl sites for hydroxylation is 1. The van der Waals surface area contributed by atoms with E-state index in [2.05, 4.69) is 6.92 Å². The smallest absolute Gasteiger partial charge is 0.316 e. The maximum Gasteiger partial charge on any atom is 0.316 e. The maximum absolute atomic E-state index is 12.9. The van der Waals surface area contributed by atoms with Crippen molar-refractivity contribution in [1.29, 1.82) is 0 Å². The summed E-state index contributed by atoms with van der Waals surface area (Å²) in [5, 5.41) is 0. The molecule has 1 aliphatic carbocycles. The molecule has 2 aromatic carbocycles. The van der Waals surface area contributed by atoms with Crippen molar-refractivity contribution in [3.05, 3.63) is 54.1 Å². The van der Waals surface area contributed by atoms with Crippen LogP contribution >= 0.6 is 0 Å². The molecule has 0 spiro atoms. The number of hydrogen-bond donors (Lipinski definition) is 0. The fourth-order valence-corrected chi connectivity index (χ4v) is 5.42. The molecule has 7 nitrogen and oxygen atoms in total. The van der Waals surface area contributed by atoms with E-state index in [0.717, 1.165) is 30.5 Å². The number of carbonyl (C=O) groups excluding carboxylic acids is 4. The van der Waals surface area contributed by atoms with E-state index in [1.54, 1.807) is 29.2 Å². The first-order valence-electron chi connectivity index (χ1n) is 11.9. The Morgan fingerprint density at radius 3 is 2.41 bits per heavy atom. The summed E-state index contributed by atoms with van der Waals surface area (Å²) in [4.78, 5) is 53.9. The Morgan fingerprint density at radius 2 is 1.68 bits per heavy atom. The summed E-state index contributed by atoms with van der Waals surface area (Å²) < 4.78 is 5.53. The molecule has 3 amide bonds. The van der Waals surface area contributed by atoms with E-state index in [4.69, 9.17) is 4.74 Å². The van der Waals surface area contributed by atoms with Gasteiger partial charge in [0.15, 0.2) is 0 Å². The molecule has 4 atom stereocenters. The Balaban J connectivity index is 1.24. The lowest BCUT2D eigenvalue weighted by molar-refractivity contribution is -0.139. The van der Waals surface area contributed by atoms with E-state index in [-0.39, 0.29) is 42.5 Å². The number of ether oxygens (including phenoxy) is 1. The first kappa shape index (κ1) is 22.3. The van der Waals surface area contributed by atoms with Gasteiger partial charge in [-0.1, -0.05) is 19.1 Å². The monoisotopic (exact) mass is 460 g/mol. The number of anilines is 2. The minimum atomic E-state index is -0.556. The summed E-state index contributed by atoms with van der Waals surface area (Å²) in [6, 6.07) is 14.1. The number of benzene rings is 2. The molecule has 5 rings (SSSR count). The van der Waals surface area contributed by atoms with Gasteiger partial charge in [-0.2, -0.15) is 0 Å². The Labute approximate surface area is 198 Å². The van der Waals surface area contributed by atoms with E-state index in [0.29, 0.717) is 17.4 Å². The Morgan fingerprint density at radius 1 is 0.941 bits per heavy atom. The number of nitrogens with zero attached hydrogens (tertiary/aromatic N) is 2. The number of imide groups is 1. The second-order valence-corrected chi connectivity index (χ2v) is 9.80. The summed E-state index contributed by atoms with van der Waals surface area (Å²) in [6.45, 7) is 4.35.